The number of methoxy groups -OCH3 is 1. The van der Waals surface area contributed by atoms with E-state index < -0.39 is 0 Å². The zero-order valence-corrected chi connectivity index (χ0v) is 9.43. The van der Waals surface area contributed by atoms with Gasteiger partial charge in [-0.25, -0.2) is 0 Å². The standard InChI is InChI=1S/C11H16N2O3/c1-3-8(7-16-2)13-11(15)9-4-5-12-6-10(9)14/h4-6,8,14H,3,7H2,1-2H3,(H,13,15). The van der Waals surface area contributed by atoms with E-state index in [4.69, 9.17) is 4.74 Å². The van der Waals surface area contributed by atoms with Gasteiger partial charge in [-0.15, -0.1) is 0 Å². The second kappa shape index (κ2) is 6.07. The molecule has 0 saturated heterocycles. The van der Waals surface area contributed by atoms with Gasteiger partial charge in [0.15, 0.2) is 0 Å². The van der Waals surface area contributed by atoms with Crippen molar-refractivity contribution in [2.45, 2.75) is 19.4 Å². The van der Waals surface area contributed by atoms with E-state index in [9.17, 15) is 9.90 Å². The molecule has 0 radical (unpaired) electrons. The Morgan fingerprint density at radius 3 is 3.00 bits per heavy atom. The topological polar surface area (TPSA) is 71.5 Å². The molecule has 1 aromatic rings. The zero-order valence-electron chi connectivity index (χ0n) is 9.43. The Morgan fingerprint density at radius 1 is 1.69 bits per heavy atom. The smallest absolute Gasteiger partial charge is 0.255 e. The molecule has 0 spiro atoms. The van der Waals surface area contributed by atoms with Gasteiger partial charge in [-0.2, -0.15) is 0 Å². The van der Waals surface area contributed by atoms with E-state index in [0.717, 1.165) is 6.42 Å². The molecule has 5 heteroatoms. The summed E-state index contributed by atoms with van der Waals surface area (Å²) >= 11 is 0. The van der Waals surface area contributed by atoms with Crippen LogP contribution in [-0.4, -0.2) is 35.8 Å². The van der Waals surface area contributed by atoms with Crippen molar-refractivity contribution >= 4 is 5.91 Å². The largest absolute Gasteiger partial charge is 0.505 e. The number of carbonyl (C=O) groups is 1. The van der Waals surface area contributed by atoms with Crippen LogP contribution in [0.2, 0.25) is 0 Å². The minimum Gasteiger partial charge on any atom is -0.505 e. The van der Waals surface area contributed by atoms with Crippen molar-refractivity contribution in [3.63, 3.8) is 0 Å². The number of nitrogens with zero attached hydrogens (tertiary/aromatic N) is 1. The van der Waals surface area contributed by atoms with E-state index in [1.54, 1.807) is 7.11 Å². The first-order chi connectivity index (χ1) is 7.69. The van der Waals surface area contributed by atoms with Gasteiger partial charge >= 0.3 is 0 Å². The molecule has 16 heavy (non-hydrogen) atoms. The number of amides is 1. The average Bonchev–Trinajstić information content (AvgIpc) is 2.28. The molecule has 5 nitrogen and oxygen atoms in total. The van der Waals surface area contributed by atoms with Gasteiger partial charge in [-0.05, 0) is 12.5 Å². The number of pyridine rings is 1. The molecule has 1 unspecified atom stereocenters. The maximum atomic E-state index is 11.8. The summed E-state index contributed by atoms with van der Waals surface area (Å²) in [7, 11) is 1.58. The number of rotatable bonds is 5. The minimum absolute atomic E-state index is 0.0509. The maximum Gasteiger partial charge on any atom is 0.255 e. The van der Waals surface area contributed by atoms with E-state index in [-0.39, 0.29) is 23.3 Å². The Labute approximate surface area is 94.5 Å². The highest BCUT2D eigenvalue weighted by Crippen LogP contribution is 2.13. The third-order valence-electron chi connectivity index (χ3n) is 2.24. The van der Waals surface area contributed by atoms with Crippen LogP contribution >= 0.6 is 0 Å². The molecule has 2 N–H and O–H groups in total. The van der Waals surface area contributed by atoms with E-state index in [0.29, 0.717) is 6.61 Å². The van der Waals surface area contributed by atoms with Crippen molar-refractivity contribution in [1.82, 2.24) is 10.3 Å². The average molecular weight is 224 g/mol. The highest BCUT2D eigenvalue weighted by atomic mass is 16.5. The molecule has 0 aliphatic rings. The van der Waals surface area contributed by atoms with Crippen LogP contribution in [0.3, 0.4) is 0 Å². The van der Waals surface area contributed by atoms with Crippen LogP contribution in [0.5, 0.6) is 5.75 Å². The quantitative estimate of drug-likeness (QED) is 0.780. The lowest BCUT2D eigenvalue weighted by Crippen LogP contribution is -2.37. The first-order valence-corrected chi connectivity index (χ1v) is 5.11. The van der Waals surface area contributed by atoms with Gasteiger partial charge in [0.25, 0.3) is 5.91 Å². The molecule has 0 aliphatic heterocycles. The van der Waals surface area contributed by atoms with Crippen LogP contribution in [0.1, 0.15) is 23.7 Å². The number of ether oxygens (including phenoxy) is 1. The number of aromatic hydroxyl groups is 1. The molecular weight excluding hydrogens is 208 g/mol. The molecule has 0 bridgehead atoms. The summed E-state index contributed by atoms with van der Waals surface area (Å²) in [5, 5.41) is 12.2. The summed E-state index contributed by atoms with van der Waals surface area (Å²) < 4.78 is 4.97. The van der Waals surface area contributed by atoms with Crippen LogP contribution in [-0.2, 0) is 4.74 Å². The second-order valence-electron chi connectivity index (χ2n) is 3.43. The Bertz CT molecular complexity index is 355. The molecular formula is C11H16N2O3. The summed E-state index contributed by atoms with van der Waals surface area (Å²) in [6.45, 7) is 2.41. The Hall–Kier alpha value is -1.62. The summed E-state index contributed by atoms with van der Waals surface area (Å²) in [6, 6.07) is 1.43. The molecule has 88 valence electrons. The summed E-state index contributed by atoms with van der Waals surface area (Å²) in [6.07, 6.45) is 3.48. The van der Waals surface area contributed by atoms with Gasteiger partial charge in [0.1, 0.15) is 5.75 Å². The Kier molecular flexibility index (Phi) is 4.72. The summed E-state index contributed by atoms with van der Waals surface area (Å²) in [5.41, 5.74) is 0.226. The molecule has 1 atom stereocenters. The monoisotopic (exact) mass is 224 g/mol. The predicted octanol–water partition coefficient (Wildman–Crippen LogP) is 0.942. The highest BCUT2D eigenvalue weighted by Gasteiger charge is 2.14. The van der Waals surface area contributed by atoms with Crippen molar-refractivity contribution in [3.05, 3.63) is 24.0 Å². The lowest BCUT2D eigenvalue weighted by molar-refractivity contribution is 0.0892. The number of nitrogens with one attached hydrogen (secondary N) is 1. The number of carbonyl (C=O) groups excluding carboxylic acids is 1. The van der Waals surface area contributed by atoms with E-state index in [1.165, 1.54) is 18.5 Å². The van der Waals surface area contributed by atoms with Gasteiger partial charge in [0.2, 0.25) is 0 Å². The third-order valence-corrected chi connectivity index (χ3v) is 2.24. The zero-order chi connectivity index (χ0) is 12.0. The third kappa shape index (κ3) is 3.20. The highest BCUT2D eigenvalue weighted by molar-refractivity contribution is 5.96. The molecule has 0 aliphatic carbocycles. The van der Waals surface area contributed by atoms with Crippen LogP contribution in [0.15, 0.2) is 18.5 Å². The number of hydrogen-bond acceptors (Lipinski definition) is 4. The lowest BCUT2D eigenvalue weighted by Gasteiger charge is -2.16. The van der Waals surface area contributed by atoms with Gasteiger partial charge in [0.05, 0.1) is 24.4 Å². The van der Waals surface area contributed by atoms with Crippen LogP contribution in [0.25, 0.3) is 0 Å². The molecule has 1 heterocycles. The fourth-order valence-corrected chi connectivity index (χ4v) is 1.30. The lowest BCUT2D eigenvalue weighted by atomic mass is 10.2. The number of aromatic nitrogens is 1. The molecule has 1 rings (SSSR count). The van der Waals surface area contributed by atoms with E-state index in [1.807, 2.05) is 6.92 Å². The van der Waals surface area contributed by atoms with Crippen LogP contribution in [0.4, 0.5) is 0 Å². The number of hydrogen-bond donors (Lipinski definition) is 2. The second-order valence-corrected chi connectivity index (χ2v) is 3.43. The normalized spacial score (nSPS) is 12.1. The summed E-state index contributed by atoms with van der Waals surface area (Å²) in [5.74, 6) is -0.434. The molecule has 0 fully saturated rings. The first kappa shape index (κ1) is 12.4. The molecule has 0 aromatic carbocycles. The fourth-order valence-electron chi connectivity index (χ4n) is 1.30. The summed E-state index contributed by atoms with van der Waals surface area (Å²) in [4.78, 5) is 15.5. The molecule has 0 saturated carbocycles. The molecule has 1 amide bonds. The van der Waals surface area contributed by atoms with Crippen molar-refractivity contribution in [2.24, 2.45) is 0 Å². The fraction of sp³-hybridized carbons (Fsp3) is 0.455. The SMILES string of the molecule is CCC(COC)NC(=O)c1ccncc1O. The van der Waals surface area contributed by atoms with Gasteiger partial charge in [-0.1, -0.05) is 6.92 Å². The van der Waals surface area contributed by atoms with Crippen molar-refractivity contribution in [1.29, 1.82) is 0 Å². The van der Waals surface area contributed by atoms with Crippen molar-refractivity contribution in [2.75, 3.05) is 13.7 Å². The van der Waals surface area contributed by atoms with Gasteiger partial charge < -0.3 is 15.2 Å². The van der Waals surface area contributed by atoms with Crippen LogP contribution < -0.4 is 5.32 Å². The van der Waals surface area contributed by atoms with Crippen molar-refractivity contribution in [3.8, 4) is 5.75 Å². The predicted molar refractivity (Wildman–Crippen MR) is 59.3 cm³/mol. The van der Waals surface area contributed by atoms with E-state index >= 15 is 0 Å². The maximum absolute atomic E-state index is 11.8. The van der Waals surface area contributed by atoms with Crippen molar-refractivity contribution < 1.29 is 14.6 Å². The van der Waals surface area contributed by atoms with Gasteiger partial charge in [0, 0.05) is 13.3 Å². The van der Waals surface area contributed by atoms with Crippen LogP contribution in [0, 0.1) is 0 Å². The van der Waals surface area contributed by atoms with Gasteiger partial charge in [-0.3, -0.25) is 9.78 Å². The first-order valence-electron chi connectivity index (χ1n) is 5.11. The van der Waals surface area contributed by atoms with E-state index in [2.05, 4.69) is 10.3 Å². The molecule has 1 aromatic heterocycles. The Morgan fingerprint density at radius 2 is 2.44 bits per heavy atom. The minimum atomic E-state index is -0.316. The Balaban J connectivity index is 2.68.